The van der Waals surface area contributed by atoms with E-state index in [4.69, 9.17) is 9.40 Å². The van der Waals surface area contributed by atoms with Crippen molar-refractivity contribution >= 4 is 0 Å². The van der Waals surface area contributed by atoms with Crippen LogP contribution in [0.3, 0.4) is 0 Å². The molecule has 4 aromatic rings. The monoisotopic (exact) mass is 358 g/mol. The second-order valence-corrected chi connectivity index (χ2v) is 6.81. The van der Waals surface area contributed by atoms with E-state index in [1.54, 1.807) is 12.4 Å². The third kappa shape index (κ3) is 3.40. The van der Waals surface area contributed by atoms with Crippen molar-refractivity contribution in [2.75, 3.05) is 0 Å². The minimum Gasteiger partial charge on any atom is -0.459 e. The number of hydrogen-bond donors (Lipinski definition) is 0. The predicted molar refractivity (Wildman–Crippen MR) is 105 cm³/mol. The van der Waals surface area contributed by atoms with E-state index in [1.807, 2.05) is 37.6 Å². The Hall–Kier alpha value is -3.21. The summed E-state index contributed by atoms with van der Waals surface area (Å²) in [5, 5.41) is 0. The van der Waals surface area contributed by atoms with Gasteiger partial charge in [0.25, 0.3) is 0 Å². The SMILES string of the molecule is Cc1cc(-c2c(-c3ccccc3)ncn2[C@H](C)Cc2cnccn2)oc1C. The average molecular weight is 358 g/mol. The van der Waals surface area contributed by atoms with Crippen LogP contribution in [0.4, 0.5) is 0 Å². The molecular weight excluding hydrogens is 336 g/mol. The van der Waals surface area contributed by atoms with Crippen molar-refractivity contribution in [1.29, 1.82) is 0 Å². The van der Waals surface area contributed by atoms with Gasteiger partial charge in [0, 0.05) is 36.6 Å². The maximum Gasteiger partial charge on any atom is 0.153 e. The first-order valence-corrected chi connectivity index (χ1v) is 9.08. The first-order chi connectivity index (χ1) is 13.1. The number of nitrogens with zero attached hydrogens (tertiary/aromatic N) is 4. The van der Waals surface area contributed by atoms with Crippen LogP contribution in [0.2, 0.25) is 0 Å². The van der Waals surface area contributed by atoms with Crippen LogP contribution in [0.25, 0.3) is 22.7 Å². The fourth-order valence-corrected chi connectivity index (χ4v) is 3.27. The lowest BCUT2D eigenvalue weighted by atomic mass is 10.1. The van der Waals surface area contributed by atoms with Crippen LogP contribution >= 0.6 is 0 Å². The van der Waals surface area contributed by atoms with Crippen molar-refractivity contribution in [3.05, 3.63) is 78.3 Å². The highest BCUT2D eigenvalue weighted by Gasteiger charge is 2.22. The molecule has 0 amide bonds. The molecule has 0 unspecified atom stereocenters. The average Bonchev–Trinajstić information content (AvgIpc) is 3.27. The Morgan fingerprint density at radius 2 is 1.89 bits per heavy atom. The van der Waals surface area contributed by atoms with Gasteiger partial charge in [-0.25, -0.2) is 4.98 Å². The quantitative estimate of drug-likeness (QED) is 0.502. The molecule has 4 rings (SSSR count). The maximum atomic E-state index is 6.07. The van der Waals surface area contributed by atoms with Crippen molar-refractivity contribution in [2.45, 2.75) is 33.2 Å². The Morgan fingerprint density at radius 3 is 2.56 bits per heavy atom. The van der Waals surface area contributed by atoms with E-state index in [2.05, 4.69) is 46.6 Å². The van der Waals surface area contributed by atoms with E-state index in [1.165, 1.54) is 0 Å². The molecule has 0 bridgehead atoms. The Balaban J connectivity index is 1.81. The van der Waals surface area contributed by atoms with E-state index >= 15 is 0 Å². The van der Waals surface area contributed by atoms with Gasteiger partial charge < -0.3 is 8.98 Å². The van der Waals surface area contributed by atoms with Crippen LogP contribution in [-0.2, 0) is 6.42 Å². The van der Waals surface area contributed by atoms with Gasteiger partial charge in [-0.05, 0) is 32.4 Å². The lowest BCUT2D eigenvalue weighted by Crippen LogP contribution is -2.10. The minimum atomic E-state index is 0.160. The molecule has 0 saturated carbocycles. The van der Waals surface area contributed by atoms with Crippen LogP contribution in [0, 0.1) is 13.8 Å². The largest absolute Gasteiger partial charge is 0.459 e. The summed E-state index contributed by atoms with van der Waals surface area (Å²) in [5.41, 5.74) is 5.09. The minimum absolute atomic E-state index is 0.160. The predicted octanol–water partition coefficient (Wildman–Crippen LogP) is 5.02. The zero-order chi connectivity index (χ0) is 18.8. The first kappa shape index (κ1) is 17.2. The molecule has 0 aliphatic carbocycles. The summed E-state index contributed by atoms with van der Waals surface area (Å²) in [6.45, 7) is 6.22. The van der Waals surface area contributed by atoms with Gasteiger partial charge in [-0.3, -0.25) is 9.97 Å². The molecule has 1 atom stereocenters. The van der Waals surface area contributed by atoms with Gasteiger partial charge in [-0.2, -0.15) is 0 Å². The van der Waals surface area contributed by atoms with Crippen LogP contribution in [-0.4, -0.2) is 19.5 Å². The van der Waals surface area contributed by atoms with Crippen LogP contribution in [0.5, 0.6) is 0 Å². The van der Waals surface area contributed by atoms with E-state index in [9.17, 15) is 0 Å². The normalized spacial score (nSPS) is 12.3. The molecule has 5 heteroatoms. The van der Waals surface area contributed by atoms with Crippen molar-refractivity contribution in [3.63, 3.8) is 0 Å². The van der Waals surface area contributed by atoms with Gasteiger partial charge in [0.05, 0.1) is 17.7 Å². The van der Waals surface area contributed by atoms with Gasteiger partial charge in [0.2, 0.25) is 0 Å². The molecule has 0 aliphatic heterocycles. The number of imidazole rings is 1. The standard InChI is InChI=1S/C22H22N4O/c1-15-11-20(27-17(15)3)22-21(18-7-5-4-6-8-18)25-14-26(22)16(2)12-19-13-23-9-10-24-19/h4-11,13-14,16H,12H2,1-3H3/t16-/m1/s1. The Morgan fingerprint density at radius 1 is 1.07 bits per heavy atom. The highest BCUT2D eigenvalue weighted by atomic mass is 16.3. The Bertz CT molecular complexity index is 1020. The lowest BCUT2D eigenvalue weighted by molar-refractivity contribution is 0.512. The molecule has 0 fully saturated rings. The Kier molecular flexibility index (Phi) is 4.59. The molecule has 1 aromatic carbocycles. The molecule has 0 radical (unpaired) electrons. The van der Waals surface area contributed by atoms with Gasteiger partial charge in [0.1, 0.15) is 11.5 Å². The topological polar surface area (TPSA) is 56.7 Å². The van der Waals surface area contributed by atoms with Crippen molar-refractivity contribution in [2.24, 2.45) is 0 Å². The third-order valence-corrected chi connectivity index (χ3v) is 4.84. The van der Waals surface area contributed by atoms with E-state index in [0.717, 1.165) is 46.2 Å². The second-order valence-electron chi connectivity index (χ2n) is 6.81. The summed E-state index contributed by atoms with van der Waals surface area (Å²) in [7, 11) is 0. The number of benzene rings is 1. The third-order valence-electron chi connectivity index (χ3n) is 4.84. The van der Waals surface area contributed by atoms with E-state index in [0.29, 0.717) is 0 Å². The van der Waals surface area contributed by atoms with Crippen LogP contribution in [0.1, 0.15) is 30.0 Å². The second kappa shape index (κ2) is 7.19. The van der Waals surface area contributed by atoms with Crippen molar-refractivity contribution < 1.29 is 4.42 Å². The first-order valence-electron chi connectivity index (χ1n) is 9.08. The summed E-state index contributed by atoms with van der Waals surface area (Å²) in [4.78, 5) is 13.3. The molecule has 0 saturated heterocycles. The molecule has 27 heavy (non-hydrogen) atoms. The van der Waals surface area contributed by atoms with Crippen molar-refractivity contribution in [3.8, 4) is 22.7 Å². The summed E-state index contributed by atoms with van der Waals surface area (Å²) < 4.78 is 8.25. The van der Waals surface area contributed by atoms with Gasteiger partial charge >= 0.3 is 0 Å². The van der Waals surface area contributed by atoms with Gasteiger partial charge in [-0.1, -0.05) is 30.3 Å². The highest BCUT2D eigenvalue weighted by molar-refractivity contribution is 5.76. The fraction of sp³-hybridized carbons (Fsp3) is 0.227. The molecule has 0 aliphatic rings. The maximum absolute atomic E-state index is 6.07. The summed E-state index contributed by atoms with van der Waals surface area (Å²) >= 11 is 0. The summed E-state index contributed by atoms with van der Waals surface area (Å²) in [6, 6.07) is 12.5. The molecule has 5 nitrogen and oxygen atoms in total. The summed E-state index contributed by atoms with van der Waals surface area (Å²) in [5.74, 6) is 1.77. The van der Waals surface area contributed by atoms with Gasteiger partial charge in [0.15, 0.2) is 5.76 Å². The molecular formula is C22H22N4O. The number of furan rings is 1. The highest BCUT2D eigenvalue weighted by Crippen LogP contribution is 2.35. The van der Waals surface area contributed by atoms with Gasteiger partial charge in [-0.15, -0.1) is 0 Å². The summed E-state index contributed by atoms with van der Waals surface area (Å²) in [6.07, 6.45) is 7.90. The molecule has 0 spiro atoms. The van der Waals surface area contributed by atoms with Crippen molar-refractivity contribution in [1.82, 2.24) is 19.5 Å². The molecule has 3 aromatic heterocycles. The number of rotatable bonds is 5. The smallest absolute Gasteiger partial charge is 0.153 e. The molecule has 136 valence electrons. The zero-order valence-electron chi connectivity index (χ0n) is 15.8. The molecule has 3 heterocycles. The lowest BCUT2D eigenvalue weighted by Gasteiger charge is -2.16. The molecule has 0 N–H and O–H groups in total. The number of aryl methyl sites for hydroxylation is 2. The number of hydrogen-bond acceptors (Lipinski definition) is 4. The van der Waals surface area contributed by atoms with Crippen LogP contribution < -0.4 is 0 Å². The van der Waals surface area contributed by atoms with Crippen LogP contribution in [0.15, 0.2) is 65.7 Å². The number of aromatic nitrogens is 4. The Labute approximate surface area is 158 Å². The van der Waals surface area contributed by atoms with E-state index in [-0.39, 0.29) is 6.04 Å². The fourth-order valence-electron chi connectivity index (χ4n) is 3.27. The zero-order valence-corrected chi connectivity index (χ0v) is 15.8. The van der Waals surface area contributed by atoms with E-state index < -0.39 is 0 Å².